The molecule has 8 aliphatic rings. The van der Waals surface area contributed by atoms with Gasteiger partial charge >= 0.3 is 5.97 Å². The Morgan fingerprint density at radius 1 is 0.321 bits per heavy atom. The van der Waals surface area contributed by atoms with Crippen molar-refractivity contribution >= 4 is 58.9 Å². The molecule has 8 rings (SSSR count). The minimum atomic E-state index is -2.07. The van der Waals surface area contributed by atoms with Crippen LogP contribution in [0, 0.1) is 5.92 Å². The first-order chi connectivity index (χ1) is 65.2. The van der Waals surface area contributed by atoms with Crippen molar-refractivity contribution in [1.29, 1.82) is 0 Å². The van der Waals surface area contributed by atoms with Gasteiger partial charge < -0.3 is 220 Å². The quantitative estimate of drug-likeness (QED) is 0.0199. The topological polar surface area (TPSA) is 861 Å². The number of Topliss-reactive ketones (excluding diaryl/α,β-unsaturated/α-hetero) is 2. The Hall–Kier alpha value is -6.26. The Kier molecular flexibility index (Phi) is 49.0. The smallest absolute Gasteiger partial charge is 0.333 e. The van der Waals surface area contributed by atoms with E-state index in [1.807, 2.05) is 0 Å². The molecule has 137 heavy (non-hydrogen) atoms. The lowest BCUT2D eigenvalue weighted by Crippen LogP contribution is -2.65. The normalized spacial score (nSPS) is 36.1. The highest BCUT2D eigenvalue weighted by Crippen LogP contribution is 2.35. The number of hydrogen-bond donors (Lipinski definition) is 29. The first-order valence-corrected chi connectivity index (χ1v) is 45.4. The van der Waals surface area contributed by atoms with Crippen LogP contribution in [0.4, 0.5) is 0 Å². The number of carbonyl (C=O) groups excluding carboxylic acids is 10. The van der Waals surface area contributed by atoms with Gasteiger partial charge in [0.05, 0.1) is 85.7 Å². The second-order valence-electron chi connectivity index (χ2n) is 34.2. The van der Waals surface area contributed by atoms with Gasteiger partial charge in [-0.2, -0.15) is 0 Å². The van der Waals surface area contributed by atoms with Crippen LogP contribution in [-0.4, -0.2) is 525 Å². The van der Waals surface area contributed by atoms with Crippen molar-refractivity contribution in [3.63, 3.8) is 0 Å². The summed E-state index contributed by atoms with van der Waals surface area (Å²) in [4.78, 5) is 137. The Morgan fingerprint density at radius 2 is 0.650 bits per heavy atom. The van der Waals surface area contributed by atoms with Crippen molar-refractivity contribution in [3.05, 3.63) is 0 Å². The summed E-state index contributed by atoms with van der Waals surface area (Å²) in [6.45, 7) is -9.29. The van der Waals surface area contributed by atoms with Gasteiger partial charge in [0.1, 0.15) is 182 Å². The third kappa shape index (κ3) is 33.9. The summed E-state index contributed by atoms with van der Waals surface area (Å²) in [6, 6.07) is 0. The molecule has 0 aromatic carbocycles. The fraction of sp³-hybridized carbons (Fsp3) is 0.877. The van der Waals surface area contributed by atoms with Crippen molar-refractivity contribution in [2.45, 2.75) is 324 Å². The Bertz CT molecular complexity index is 3690. The van der Waals surface area contributed by atoms with E-state index in [2.05, 4.69) is 26.6 Å². The maximum atomic E-state index is 14.1. The van der Waals surface area contributed by atoms with Crippen LogP contribution in [0.15, 0.2) is 0 Å². The third-order valence-corrected chi connectivity index (χ3v) is 23.9. The number of aliphatic hydroxyl groups is 24. The van der Waals surface area contributed by atoms with Gasteiger partial charge in [0, 0.05) is 90.0 Å². The average Bonchev–Trinajstić information content (AvgIpc) is 1.26. The lowest BCUT2D eigenvalue weighted by Gasteiger charge is -2.46. The highest BCUT2D eigenvalue weighted by atomic mass is 16.8. The van der Waals surface area contributed by atoms with Crippen molar-refractivity contribution in [2.75, 3.05) is 118 Å². The molecule has 7 amide bonds. The van der Waals surface area contributed by atoms with E-state index in [1.165, 1.54) is 4.90 Å². The molecule has 56 heteroatoms. The molecular weight excluding hydrogens is 1850 g/mol. The van der Waals surface area contributed by atoms with Gasteiger partial charge in [-0.25, -0.2) is 4.79 Å². The number of ketones is 2. The van der Waals surface area contributed by atoms with E-state index in [4.69, 9.17) is 71.2 Å². The zero-order valence-electron chi connectivity index (χ0n) is 74.9. The van der Waals surface area contributed by atoms with Crippen LogP contribution in [0.2, 0.25) is 0 Å². The van der Waals surface area contributed by atoms with Crippen molar-refractivity contribution in [2.24, 2.45) is 5.92 Å². The van der Waals surface area contributed by atoms with Crippen LogP contribution in [0.5, 0.6) is 0 Å². The van der Waals surface area contributed by atoms with Gasteiger partial charge in [-0.1, -0.05) is 12.8 Å². The highest BCUT2D eigenvalue weighted by Gasteiger charge is 2.56. The molecule has 8 heterocycles. The molecule has 0 aromatic rings. The predicted molar refractivity (Wildman–Crippen MR) is 441 cm³/mol. The summed E-state index contributed by atoms with van der Waals surface area (Å²) in [5.41, 5.74) is 0. The number of unbranched alkanes of at least 4 members (excludes halogenated alkanes) is 4. The minimum Gasteiger partial charge on any atom is -0.394 e. The molecule has 36 atom stereocenters. The second kappa shape index (κ2) is 57.9. The third-order valence-electron chi connectivity index (χ3n) is 23.9. The van der Waals surface area contributed by atoms with Crippen LogP contribution in [-0.2, 0) is 119 Å². The van der Waals surface area contributed by atoms with Gasteiger partial charge in [0.15, 0.2) is 44.0 Å². The molecule has 8 fully saturated rings. The van der Waals surface area contributed by atoms with Gasteiger partial charge in [-0.3, -0.25) is 48.1 Å². The van der Waals surface area contributed by atoms with E-state index in [0.29, 0.717) is 37.2 Å². The number of amides is 7. The molecule has 29 N–H and O–H groups in total. The lowest BCUT2D eigenvalue weighted by atomic mass is 9.94. The van der Waals surface area contributed by atoms with Gasteiger partial charge in [-0.15, -0.1) is 5.06 Å². The molecule has 0 spiro atoms. The number of nitrogens with one attached hydrogen (secondary N) is 5. The maximum absolute atomic E-state index is 14.1. The number of ether oxygens (including phenoxy) is 14. The molecule has 0 radical (unpaired) electrons. The molecule has 8 aliphatic heterocycles. The molecule has 0 bridgehead atoms. The monoisotopic (exact) mass is 1990 g/mol. The summed E-state index contributed by atoms with van der Waals surface area (Å²) in [5.74, 6) is -7.75. The zero-order valence-corrected chi connectivity index (χ0v) is 74.9. The summed E-state index contributed by atoms with van der Waals surface area (Å²) in [6.07, 6.45) is -62.5. The van der Waals surface area contributed by atoms with E-state index >= 15 is 0 Å². The number of aliphatic hydroxyl groups excluding tert-OH is 24. The fourth-order valence-corrected chi connectivity index (χ4v) is 15.8. The van der Waals surface area contributed by atoms with Crippen LogP contribution in [0.25, 0.3) is 0 Å². The van der Waals surface area contributed by atoms with Crippen LogP contribution in [0.1, 0.15) is 109 Å². The van der Waals surface area contributed by atoms with Crippen molar-refractivity contribution in [3.8, 4) is 0 Å². The molecule has 788 valence electrons. The number of carbonyl (C=O) groups is 10. The van der Waals surface area contributed by atoms with Crippen LogP contribution >= 0.6 is 0 Å². The van der Waals surface area contributed by atoms with E-state index in [0.717, 1.165) is 0 Å². The maximum Gasteiger partial charge on any atom is 0.333 e. The van der Waals surface area contributed by atoms with Gasteiger partial charge in [0.2, 0.25) is 29.5 Å². The number of nitrogens with zero attached hydrogens (tertiary/aromatic N) is 2. The second-order valence-corrected chi connectivity index (χ2v) is 34.2. The van der Waals surface area contributed by atoms with Crippen molar-refractivity contribution < 1.29 is 242 Å². The first-order valence-electron chi connectivity index (χ1n) is 45.4. The minimum absolute atomic E-state index is 0.0370. The van der Waals surface area contributed by atoms with Crippen LogP contribution in [0.3, 0.4) is 0 Å². The SMILES string of the molecule is O=C(CCCCCNC(=O)CN(CC(=O)NCCCCCC(=O)ON1C(=O)CCC1=O)CC(=O)NCCCC(=O)C[C@@H](CCC(=O)NCCO[C@@H]1O[C@H](CO)[C@@H](O)[C@H](O)[C@@H]1O)C(=O)NCCO[C@H]1O[C@H](CO[C@H]2O[C@H](CO)[C@@H](O)[C@H](O)[C@@H]2O)[C@@H](O)[C@H](O[C@H]2O[C@H](CO)[C@@H](O)[C@H](O)[C@@H]2O)[C@@H]1O)CCCO[C@H]1O[C@H](CO[C@H]2O[C@H](CO)[C@@H](O)[C@H](O)[C@@H]2O)[C@@H](O)[C@H](O[C@H]2O[C@H](CO)[C@@H](O)[C@H](O)[C@@H]2O)[C@@H]1O. The summed E-state index contributed by atoms with van der Waals surface area (Å²) in [5, 5.41) is 264. The average molecular weight is 1990 g/mol. The fourth-order valence-electron chi connectivity index (χ4n) is 15.8. The Labute approximate surface area is 782 Å². The van der Waals surface area contributed by atoms with E-state index in [-0.39, 0.29) is 109 Å². The summed E-state index contributed by atoms with van der Waals surface area (Å²) < 4.78 is 78.2. The standard InChI is InChI=1S/C81H135N7O49/c89-29-39-53(103)60(110)65(115)75(128-39)124-23-20-85-46(96)14-13-36(74(122)86-21-24-125-79-71(121)73(136-81-69(119)64(114)57(107)43(33-93)132-81)59(109)45(134-79)35-127-77-67(117)62(112)55(105)41(31-91)130-77)25-38(95)10-7-19-84-49(99)28-87(27-48(98)83-18-6-2-4-12-52(102)137-88-50(100)15-16-51(88)101)26-47(97)82-17-5-1-3-9-37(94)11-8-22-123-78-70(120)72(135-80-68(118)63(113)56(106)42(32-92)131-80)58(108)44(133-78)34-126-76-66(116)61(111)54(104)40(30-90)129-76/h36,39-45,53-73,75-81,89-93,103-121H,1-35H2,(H,82,97)(H,83,98)(H,84,99)(H,85,96)(H,86,122)/t36-,39-,40-,41-,42-,43-,44-,45-,53-,54-,55-,56-,57-,58-,59-,60+,61+,62+,63+,64+,65+,66+,67+,68+,69+,70+,71+,72+,73+,75-,76+,77+,78+,79+,80-,81-/m1/s1. The molecule has 0 unspecified atom stereocenters. The zero-order chi connectivity index (χ0) is 101. The molecular formula is C81H135N7O49. The molecule has 0 saturated carbocycles. The predicted octanol–water partition coefficient (Wildman–Crippen LogP) is -17.2. The first kappa shape index (κ1) is 116. The lowest BCUT2D eigenvalue weighted by molar-refractivity contribution is -0.366. The molecule has 56 nitrogen and oxygen atoms in total. The number of hydroxylamine groups is 2. The van der Waals surface area contributed by atoms with E-state index < -0.39 is 366 Å². The molecule has 0 aliphatic carbocycles. The van der Waals surface area contributed by atoms with Gasteiger partial charge in [-0.05, 0) is 44.9 Å². The number of imide groups is 1. The summed E-state index contributed by atoms with van der Waals surface area (Å²) >= 11 is 0. The molecule has 8 saturated heterocycles. The Morgan fingerprint density at radius 3 is 1.06 bits per heavy atom. The molecule has 0 aromatic heterocycles. The van der Waals surface area contributed by atoms with Crippen LogP contribution < -0.4 is 26.6 Å². The number of rotatable bonds is 57. The van der Waals surface area contributed by atoms with E-state index in [9.17, 15) is 171 Å². The van der Waals surface area contributed by atoms with E-state index in [1.54, 1.807) is 0 Å². The number of hydrogen-bond acceptors (Lipinski definition) is 50. The van der Waals surface area contributed by atoms with Gasteiger partial charge in [0.25, 0.3) is 11.8 Å². The Balaban J connectivity index is 0.831. The van der Waals surface area contributed by atoms with Crippen molar-refractivity contribution in [1.82, 2.24) is 36.5 Å². The highest BCUT2D eigenvalue weighted by molar-refractivity contribution is 6.01. The summed E-state index contributed by atoms with van der Waals surface area (Å²) in [7, 11) is 0. The largest absolute Gasteiger partial charge is 0.394 e.